The Bertz CT molecular complexity index is 330. The van der Waals surface area contributed by atoms with Crippen LogP contribution in [0.25, 0.3) is 0 Å². The van der Waals surface area contributed by atoms with Crippen molar-refractivity contribution in [2.75, 3.05) is 6.61 Å². The van der Waals surface area contributed by atoms with Gasteiger partial charge in [-0.15, -0.1) is 0 Å². The third-order valence-electron chi connectivity index (χ3n) is 3.11. The summed E-state index contributed by atoms with van der Waals surface area (Å²) >= 11 is 0. The molecule has 2 nitrogen and oxygen atoms in total. The summed E-state index contributed by atoms with van der Waals surface area (Å²) < 4.78 is 13.7. The van der Waals surface area contributed by atoms with Gasteiger partial charge in [-0.05, 0) is 43.2 Å². The van der Waals surface area contributed by atoms with Crippen LogP contribution in [0.1, 0.15) is 36.8 Å². The van der Waals surface area contributed by atoms with E-state index in [2.05, 4.69) is 4.89 Å². The fourth-order valence-corrected chi connectivity index (χ4v) is 1.86. The molecule has 16 heavy (non-hydrogen) atoms. The molecule has 0 aliphatic heterocycles. The van der Waals surface area contributed by atoms with Gasteiger partial charge in [0.25, 0.3) is 0 Å². The van der Waals surface area contributed by atoms with Gasteiger partial charge in [0, 0.05) is 0 Å². The fourth-order valence-electron chi connectivity index (χ4n) is 1.86. The Labute approximate surface area is 95.0 Å². The summed E-state index contributed by atoms with van der Waals surface area (Å²) in [6, 6.07) is 7.78. The molecule has 0 spiro atoms. The molecular weight excluding hydrogens is 207 g/mol. The molecule has 0 radical (unpaired) electrons. The maximum atomic E-state index is 13.7. The minimum absolute atomic E-state index is 0.381. The van der Waals surface area contributed by atoms with Crippen LogP contribution in [0, 0.1) is 0 Å². The lowest BCUT2D eigenvalue weighted by atomic mass is 10.0. The third-order valence-corrected chi connectivity index (χ3v) is 3.11. The molecule has 1 aromatic carbocycles. The predicted octanol–water partition coefficient (Wildman–Crippen LogP) is 3.46. The molecule has 88 valence electrons. The number of alkyl halides is 1. The van der Waals surface area contributed by atoms with Gasteiger partial charge in [0.15, 0.2) is 0 Å². The fraction of sp³-hybridized carbons (Fsp3) is 0.538. The SMILES string of the molecule is OOCCCCc1ccc(C2(F)CC2)cc1. The van der Waals surface area contributed by atoms with Gasteiger partial charge >= 0.3 is 0 Å². The Morgan fingerprint density at radius 3 is 2.44 bits per heavy atom. The van der Waals surface area contributed by atoms with Gasteiger partial charge < -0.3 is 0 Å². The largest absolute Gasteiger partial charge is 0.252 e. The second kappa shape index (κ2) is 4.93. The van der Waals surface area contributed by atoms with Crippen molar-refractivity contribution in [3.8, 4) is 0 Å². The van der Waals surface area contributed by atoms with Crippen LogP contribution in [0.2, 0.25) is 0 Å². The molecule has 0 atom stereocenters. The van der Waals surface area contributed by atoms with Crippen LogP contribution < -0.4 is 0 Å². The molecule has 1 saturated carbocycles. The summed E-state index contributed by atoms with van der Waals surface area (Å²) in [4.78, 5) is 4.00. The lowest BCUT2D eigenvalue weighted by Gasteiger charge is -2.06. The molecule has 1 aliphatic rings. The highest BCUT2D eigenvalue weighted by molar-refractivity contribution is 5.30. The molecule has 1 aliphatic carbocycles. The summed E-state index contributed by atoms with van der Waals surface area (Å²) in [5.41, 5.74) is 1.00. The minimum Gasteiger partial charge on any atom is -0.252 e. The van der Waals surface area contributed by atoms with Crippen LogP contribution in [0.4, 0.5) is 4.39 Å². The Morgan fingerprint density at radius 2 is 1.88 bits per heavy atom. The molecule has 1 aromatic rings. The summed E-state index contributed by atoms with van der Waals surface area (Å²) in [6.07, 6.45) is 4.09. The number of unbranched alkanes of at least 4 members (excludes halogenated alkanes) is 1. The molecular formula is C13H17FO2. The van der Waals surface area contributed by atoms with Gasteiger partial charge in [0.1, 0.15) is 5.67 Å². The molecule has 0 saturated heterocycles. The average molecular weight is 224 g/mol. The van der Waals surface area contributed by atoms with E-state index in [4.69, 9.17) is 5.26 Å². The molecule has 0 unspecified atom stereocenters. The lowest BCUT2D eigenvalue weighted by molar-refractivity contribution is -0.242. The molecule has 1 fully saturated rings. The van der Waals surface area contributed by atoms with Gasteiger partial charge in [-0.3, -0.25) is 5.26 Å². The van der Waals surface area contributed by atoms with Gasteiger partial charge in [-0.25, -0.2) is 9.28 Å². The molecule has 0 aromatic heterocycles. The Hall–Kier alpha value is -0.930. The quantitative estimate of drug-likeness (QED) is 0.455. The second-order valence-corrected chi connectivity index (χ2v) is 4.45. The zero-order chi connectivity index (χ0) is 11.4. The normalized spacial score (nSPS) is 17.4. The lowest BCUT2D eigenvalue weighted by Crippen LogP contribution is -1.97. The number of rotatable bonds is 6. The summed E-state index contributed by atoms with van der Waals surface area (Å²) in [7, 11) is 0. The van der Waals surface area contributed by atoms with E-state index in [1.807, 2.05) is 24.3 Å². The molecule has 0 bridgehead atoms. The van der Waals surface area contributed by atoms with Crippen LogP contribution in [-0.2, 0) is 17.0 Å². The van der Waals surface area contributed by atoms with Gasteiger partial charge in [0.2, 0.25) is 0 Å². The van der Waals surface area contributed by atoms with E-state index in [-0.39, 0.29) is 0 Å². The van der Waals surface area contributed by atoms with Crippen LogP contribution in [0.5, 0.6) is 0 Å². The Morgan fingerprint density at radius 1 is 1.19 bits per heavy atom. The van der Waals surface area contributed by atoms with Gasteiger partial charge in [-0.2, -0.15) is 0 Å². The van der Waals surface area contributed by atoms with Crippen LogP contribution in [0.15, 0.2) is 24.3 Å². The average Bonchev–Trinajstić information content (AvgIpc) is 3.05. The number of hydrogen-bond acceptors (Lipinski definition) is 2. The molecule has 0 heterocycles. The van der Waals surface area contributed by atoms with Gasteiger partial charge in [0.05, 0.1) is 6.61 Å². The zero-order valence-electron chi connectivity index (χ0n) is 9.29. The van der Waals surface area contributed by atoms with Crippen molar-refractivity contribution in [2.45, 2.75) is 37.8 Å². The summed E-state index contributed by atoms with van der Waals surface area (Å²) in [5, 5.41) is 8.15. The van der Waals surface area contributed by atoms with E-state index < -0.39 is 5.67 Å². The Kier molecular flexibility index (Phi) is 3.56. The van der Waals surface area contributed by atoms with E-state index in [0.717, 1.165) is 24.8 Å². The monoisotopic (exact) mass is 224 g/mol. The first-order chi connectivity index (χ1) is 7.74. The van der Waals surface area contributed by atoms with Crippen molar-refractivity contribution in [2.24, 2.45) is 0 Å². The van der Waals surface area contributed by atoms with E-state index in [1.165, 1.54) is 5.56 Å². The molecule has 3 heteroatoms. The molecule has 2 rings (SSSR count). The highest BCUT2D eigenvalue weighted by Crippen LogP contribution is 2.49. The highest BCUT2D eigenvalue weighted by atomic mass is 19.1. The first-order valence-electron chi connectivity index (χ1n) is 5.79. The first kappa shape index (κ1) is 11.6. The number of benzene rings is 1. The van der Waals surface area contributed by atoms with Crippen molar-refractivity contribution in [3.63, 3.8) is 0 Å². The van der Waals surface area contributed by atoms with Crippen molar-refractivity contribution in [1.29, 1.82) is 0 Å². The van der Waals surface area contributed by atoms with Crippen LogP contribution >= 0.6 is 0 Å². The zero-order valence-corrected chi connectivity index (χ0v) is 9.29. The van der Waals surface area contributed by atoms with Crippen molar-refractivity contribution in [1.82, 2.24) is 0 Å². The molecule has 1 N–H and O–H groups in total. The smallest absolute Gasteiger partial charge is 0.136 e. The van der Waals surface area contributed by atoms with E-state index in [0.29, 0.717) is 19.4 Å². The maximum absolute atomic E-state index is 13.7. The third kappa shape index (κ3) is 2.80. The Balaban J connectivity index is 1.83. The minimum atomic E-state index is -1.02. The highest BCUT2D eigenvalue weighted by Gasteiger charge is 2.44. The van der Waals surface area contributed by atoms with Crippen molar-refractivity contribution >= 4 is 0 Å². The van der Waals surface area contributed by atoms with Crippen molar-refractivity contribution < 1.29 is 14.5 Å². The summed E-state index contributed by atoms with van der Waals surface area (Å²) in [5.74, 6) is 0. The second-order valence-electron chi connectivity index (χ2n) is 4.45. The van der Waals surface area contributed by atoms with Crippen LogP contribution in [0.3, 0.4) is 0 Å². The first-order valence-corrected chi connectivity index (χ1v) is 5.79. The number of halogens is 1. The van der Waals surface area contributed by atoms with E-state index in [9.17, 15) is 4.39 Å². The summed E-state index contributed by atoms with van der Waals surface area (Å²) in [6.45, 7) is 0.381. The van der Waals surface area contributed by atoms with E-state index >= 15 is 0 Å². The predicted molar refractivity (Wildman–Crippen MR) is 60.0 cm³/mol. The molecule has 0 amide bonds. The van der Waals surface area contributed by atoms with Crippen LogP contribution in [-0.4, -0.2) is 11.9 Å². The topological polar surface area (TPSA) is 29.5 Å². The van der Waals surface area contributed by atoms with E-state index in [1.54, 1.807) is 0 Å². The number of aryl methyl sites for hydroxylation is 1. The standard InChI is InChI=1S/C13H17FO2/c14-13(8-9-13)12-6-4-11(5-7-12)3-1-2-10-16-15/h4-7,15H,1-3,8-10H2. The number of hydrogen-bond donors (Lipinski definition) is 1. The maximum Gasteiger partial charge on any atom is 0.136 e. The van der Waals surface area contributed by atoms with Gasteiger partial charge in [-0.1, -0.05) is 24.3 Å². The van der Waals surface area contributed by atoms with Crippen molar-refractivity contribution in [3.05, 3.63) is 35.4 Å².